The van der Waals surface area contributed by atoms with E-state index in [0.29, 0.717) is 19.4 Å². The molecule has 0 aliphatic rings. The molecule has 2 N–H and O–H groups in total. The molecule has 0 radical (unpaired) electrons. The van der Waals surface area contributed by atoms with E-state index in [4.69, 9.17) is 0 Å². The van der Waals surface area contributed by atoms with Crippen LogP contribution >= 0.6 is 0 Å². The van der Waals surface area contributed by atoms with Crippen molar-refractivity contribution in [1.82, 2.24) is 10.3 Å². The second-order valence-electron chi connectivity index (χ2n) is 5.01. The zero-order chi connectivity index (χ0) is 15.9. The summed E-state index contributed by atoms with van der Waals surface area (Å²) in [4.78, 5) is 15.0. The number of pyridine rings is 1. The normalized spacial score (nSPS) is 10.3. The van der Waals surface area contributed by atoms with Gasteiger partial charge in [0.25, 0.3) is 0 Å². The van der Waals surface area contributed by atoms with Crippen LogP contribution in [0.25, 0.3) is 11.3 Å². The lowest BCUT2D eigenvalue weighted by atomic mass is 10.0. The summed E-state index contributed by atoms with van der Waals surface area (Å²) < 4.78 is 13.1. The maximum atomic E-state index is 13.1. The van der Waals surface area contributed by atoms with E-state index in [0.717, 1.165) is 34.7 Å². The predicted octanol–water partition coefficient (Wildman–Crippen LogP) is 2.92. The Hall–Kier alpha value is -2.43. The minimum Gasteiger partial charge on any atom is -0.383 e. The summed E-state index contributed by atoms with van der Waals surface area (Å²) in [5.74, 6) is -0.267. The summed E-state index contributed by atoms with van der Waals surface area (Å²) in [5, 5.41) is 5.96. The van der Waals surface area contributed by atoms with Crippen molar-refractivity contribution in [3.05, 3.63) is 47.4 Å². The average Bonchev–Trinajstić information content (AvgIpc) is 2.51. The van der Waals surface area contributed by atoms with Gasteiger partial charge in [0.15, 0.2) is 0 Å². The zero-order valence-electron chi connectivity index (χ0n) is 12.8. The number of nitrogens with zero attached hydrogens (tertiary/aromatic N) is 1. The highest BCUT2D eigenvalue weighted by Gasteiger charge is 2.12. The second-order valence-corrected chi connectivity index (χ2v) is 5.01. The van der Waals surface area contributed by atoms with Gasteiger partial charge in [-0.1, -0.05) is 0 Å². The molecule has 1 amide bonds. The van der Waals surface area contributed by atoms with Gasteiger partial charge in [-0.05, 0) is 49.7 Å². The molecular weight excluding hydrogens is 281 g/mol. The third-order valence-electron chi connectivity index (χ3n) is 3.35. The van der Waals surface area contributed by atoms with E-state index in [1.165, 1.54) is 12.1 Å². The highest BCUT2D eigenvalue weighted by molar-refractivity contribution is 5.77. The van der Waals surface area contributed by atoms with Crippen molar-refractivity contribution in [3.63, 3.8) is 0 Å². The van der Waals surface area contributed by atoms with E-state index in [1.54, 1.807) is 12.1 Å². The zero-order valence-corrected chi connectivity index (χ0v) is 12.8. The molecule has 0 fully saturated rings. The molecule has 2 aromatic rings. The largest absolute Gasteiger partial charge is 0.383 e. The number of amides is 1. The van der Waals surface area contributed by atoms with Crippen LogP contribution in [0, 0.1) is 12.7 Å². The molecule has 1 aromatic heterocycles. The number of aromatic nitrogens is 1. The van der Waals surface area contributed by atoms with Gasteiger partial charge < -0.3 is 10.6 Å². The van der Waals surface area contributed by atoms with Crippen molar-refractivity contribution in [3.8, 4) is 11.3 Å². The Labute approximate surface area is 129 Å². The van der Waals surface area contributed by atoms with Gasteiger partial charge in [0, 0.05) is 30.8 Å². The number of rotatable bonds is 7. The minimum atomic E-state index is -0.267. The molecule has 5 heteroatoms. The molecule has 4 nitrogen and oxygen atoms in total. The number of nitrogens with one attached hydrogen (secondary N) is 2. The summed E-state index contributed by atoms with van der Waals surface area (Å²) in [6.45, 7) is 5.36. The van der Waals surface area contributed by atoms with Crippen molar-refractivity contribution >= 4 is 12.1 Å². The molecule has 0 unspecified atom stereocenters. The summed E-state index contributed by atoms with van der Waals surface area (Å²) in [7, 11) is 0. The lowest BCUT2D eigenvalue weighted by Crippen LogP contribution is -2.15. The monoisotopic (exact) mass is 301 g/mol. The summed E-state index contributed by atoms with van der Waals surface area (Å²) in [5.41, 5.74) is 4.61. The SMILES string of the molecule is CCNc1c(C)cc(CCNC=O)nc1-c1ccc(F)cc1. The quantitative estimate of drug-likeness (QED) is 0.611. The van der Waals surface area contributed by atoms with Crippen LogP contribution in [0.4, 0.5) is 10.1 Å². The van der Waals surface area contributed by atoms with E-state index < -0.39 is 0 Å². The molecule has 0 aliphatic carbocycles. The van der Waals surface area contributed by atoms with E-state index >= 15 is 0 Å². The lowest BCUT2D eigenvalue weighted by Gasteiger charge is -2.15. The van der Waals surface area contributed by atoms with Gasteiger partial charge in [0.1, 0.15) is 5.82 Å². The smallest absolute Gasteiger partial charge is 0.207 e. The first kappa shape index (κ1) is 15.9. The van der Waals surface area contributed by atoms with Crippen LogP contribution in [0.2, 0.25) is 0 Å². The molecule has 1 heterocycles. The van der Waals surface area contributed by atoms with Crippen molar-refractivity contribution < 1.29 is 9.18 Å². The molecule has 0 spiro atoms. The van der Waals surface area contributed by atoms with Gasteiger partial charge in [-0.3, -0.25) is 9.78 Å². The van der Waals surface area contributed by atoms with E-state index in [1.807, 2.05) is 19.9 Å². The van der Waals surface area contributed by atoms with Crippen LogP contribution in [-0.4, -0.2) is 24.5 Å². The van der Waals surface area contributed by atoms with Gasteiger partial charge in [0.2, 0.25) is 6.41 Å². The van der Waals surface area contributed by atoms with Crippen LogP contribution in [0.3, 0.4) is 0 Å². The minimum absolute atomic E-state index is 0.267. The summed E-state index contributed by atoms with van der Waals surface area (Å²) >= 11 is 0. The Morgan fingerprint density at radius 1 is 1.27 bits per heavy atom. The molecule has 0 aliphatic heterocycles. The maximum Gasteiger partial charge on any atom is 0.207 e. The Balaban J connectivity index is 2.42. The van der Waals surface area contributed by atoms with E-state index in [9.17, 15) is 9.18 Å². The standard InChI is InChI=1S/C17H20FN3O/c1-3-20-16-12(2)10-15(8-9-19-11-22)21-17(16)13-4-6-14(18)7-5-13/h4-7,10-11,20H,3,8-9H2,1-2H3,(H,19,22). The van der Waals surface area contributed by atoms with Crippen LogP contribution in [0.5, 0.6) is 0 Å². The van der Waals surface area contributed by atoms with Gasteiger partial charge in [-0.25, -0.2) is 4.39 Å². The van der Waals surface area contributed by atoms with E-state index in [-0.39, 0.29) is 5.82 Å². The molecular formula is C17H20FN3O. The Morgan fingerprint density at radius 3 is 2.64 bits per heavy atom. The number of carbonyl (C=O) groups excluding carboxylic acids is 1. The van der Waals surface area contributed by atoms with Gasteiger partial charge >= 0.3 is 0 Å². The topological polar surface area (TPSA) is 54.0 Å². The lowest BCUT2D eigenvalue weighted by molar-refractivity contribution is -0.109. The molecule has 116 valence electrons. The van der Waals surface area contributed by atoms with Crippen molar-refractivity contribution in [2.45, 2.75) is 20.3 Å². The van der Waals surface area contributed by atoms with Crippen LogP contribution in [0.1, 0.15) is 18.2 Å². The molecule has 2 rings (SSSR count). The number of halogens is 1. The first-order valence-corrected chi connectivity index (χ1v) is 7.33. The summed E-state index contributed by atoms with van der Waals surface area (Å²) in [6.07, 6.45) is 1.33. The van der Waals surface area contributed by atoms with Crippen molar-refractivity contribution in [1.29, 1.82) is 0 Å². The first-order valence-electron chi connectivity index (χ1n) is 7.33. The van der Waals surface area contributed by atoms with Gasteiger partial charge in [-0.15, -0.1) is 0 Å². The predicted molar refractivity (Wildman–Crippen MR) is 86.3 cm³/mol. The first-order chi connectivity index (χ1) is 10.7. The van der Waals surface area contributed by atoms with E-state index in [2.05, 4.69) is 15.6 Å². The fourth-order valence-corrected chi connectivity index (χ4v) is 2.34. The molecule has 22 heavy (non-hydrogen) atoms. The third-order valence-corrected chi connectivity index (χ3v) is 3.35. The molecule has 1 aromatic carbocycles. The average molecular weight is 301 g/mol. The number of aryl methyl sites for hydroxylation is 1. The molecule has 0 bridgehead atoms. The number of benzene rings is 1. The summed E-state index contributed by atoms with van der Waals surface area (Å²) in [6, 6.07) is 8.33. The highest BCUT2D eigenvalue weighted by Crippen LogP contribution is 2.30. The second kappa shape index (κ2) is 7.54. The van der Waals surface area contributed by atoms with Crippen molar-refractivity contribution in [2.24, 2.45) is 0 Å². The Kier molecular flexibility index (Phi) is 5.47. The maximum absolute atomic E-state index is 13.1. The number of hydrogen-bond donors (Lipinski definition) is 2. The van der Waals surface area contributed by atoms with Gasteiger partial charge in [-0.2, -0.15) is 0 Å². The van der Waals surface area contributed by atoms with Crippen molar-refractivity contribution in [2.75, 3.05) is 18.4 Å². The van der Waals surface area contributed by atoms with Crippen LogP contribution < -0.4 is 10.6 Å². The highest BCUT2D eigenvalue weighted by atomic mass is 19.1. The number of hydrogen-bond acceptors (Lipinski definition) is 3. The third kappa shape index (κ3) is 3.81. The number of anilines is 1. The number of carbonyl (C=O) groups is 1. The fraction of sp³-hybridized carbons (Fsp3) is 0.294. The Bertz CT molecular complexity index is 641. The molecule has 0 saturated carbocycles. The van der Waals surface area contributed by atoms with Crippen LogP contribution in [0.15, 0.2) is 30.3 Å². The van der Waals surface area contributed by atoms with Crippen LogP contribution in [-0.2, 0) is 11.2 Å². The fourth-order valence-electron chi connectivity index (χ4n) is 2.34. The Morgan fingerprint density at radius 2 is 2.00 bits per heavy atom. The molecule has 0 atom stereocenters. The van der Waals surface area contributed by atoms with Gasteiger partial charge in [0.05, 0.1) is 11.4 Å². The molecule has 0 saturated heterocycles.